The number of piperazine rings is 1. The Bertz CT molecular complexity index is 1800. The molecule has 232 valence electrons. The van der Waals surface area contributed by atoms with Crippen molar-refractivity contribution in [3.8, 4) is 17.1 Å². The third-order valence-corrected chi connectivity index (χ3v) is 11.2. The number of benzene rings is 2. The number of halogens is 5. The molecule has 2 aromatic carbocycles. The van der Waals surface area contributed by atoms with E-state index >= 15 is 4.39 Å². The Labute approximate surface area is 259 Å². The average Bonchev–Trinajstić information content (AvgIpc) is 3.75. The highest BCUT2D eigenvalue weighted by Gasteiger charge is 2.51. The molecule has 8 nitrogen and oxygen atoms in total. The van der Waals surface area contributed by atoms with E-state index in [1.54, 1.807) is 11.0 Å². The second-order valence-corrected chi connectivity index (χ2v) is 14.0. The van der Waals surface area contributed by atoms with E-state index in [0.717, 1.165) is 50.1 Å². The summed E-state index contributed by atoms with van der Waals surface area (Å²) < 4.78 is 66.5. The number of nitrogens with one attached hydrogen (secondary N) is 1. The molecule has 44 heavy (non-hydrogen) atoms. The molecule has 14 heteroatoms. The molecule has 4 saturated heterocycles. The van der Waals surface area contributed by atoms with Gasteiger partial charge in [0.2, 0.25) is 0 Å². The van der Waals surface area contributed by atoms with Crippen molar-refractivity contribution < 1.29 is 22.3 Å². The largest absolute Gasteiger partial charge is 0.461 e. The Hall–Kier alpha value is -3.00. The number of rotatable bonds is 6. The molecule has 0 spiro atoms. The van der Waals surface area contributed by atoms with Gasteiger partial charge in [0.25, 0.3) is 6.43 Å². The van der Waals surface area contributed by atoms with Crippen LogP contribution in [0.3, 0.4) is 0 Å². The Morgan fingerprint density at radius 1 is 1.11 bits per heavy atom. The molecule has 8 rings (SSSR count). The molecule has 4 aliphatic rings. The van der Waals surface area contributed by atoms with Crippen LogP contribution in [0.4, 0.5) is 28.5 Å². The number of alkyl halides is 2. The second kappa shape index (κ2) is 10.3. The minimum Gasteiger partial charge on any atom is -0.461 e. The van der Waals surface area contributed by atoms with Crippen LogP contribution in [0.1, 0.15) is 38.5 Å². The number of nitrogen functional groups attached to an aromatic ring is 1. The smallest absolute Gasteiger partial charge is 0.319 e. The third kappa shape index (κ3) is 4.33. The van der Waals surface area contributed by atoms with Crippen molar-refractivity contribution in [2.75, 3.05) is 43.4 Å². The Balaban J connectivity index is 1.28. The maximum absolute atomic E-state index is 16.8. The SMILES string of the molecule is Nc1nc2c(-c3c(Cl)cc4c(N5CC6CCC(C(F)F)(C5)N6)nc(OCC56CCCN5CCC6)nc4c3F)ccc(F)c2s1. The van der Waals surface area contributed by atoms with Gasteiger partial charge in [0.15, 0.2) is 10.9 Å². The monoisotopic (exact) mass is 647 g/mol. The predicted molar refractivity (Wildman–Crippen MR) is 163 cm³/mol. The van der Waals surface area contributed by atoms with Gasteiger partial charge in [-0.15, -0.1) is 0 Å². The maximum atomic E-state index is 16.8. The molecular formula is C30H30ClF4N7OS. The first kappa shape index (κ1) is 28.5. The van der Waals surface area contributed by atoms with Crippen LogP contribution in [0.15, 0.2) is 18.2 Å². The minimum absolute atomic E-state index is 0.00847. The van der Waals surface area contributed by atoms with Crippen LogP contribution in [-0.2, 0) is 0 Å². The Morgan fingerprint density at radius 2 is 1.91 bits per heavy atom. The molecule has 0 aliphatic carbocycles. The number of aromatic nitrogens is 3. The van der Waals surface area contributed by atoms with Crippen molar-refractivity contribution in [3.05, 3.63) is 34.9 Å². The molecule has 3 N–H and O–H groups in total. The number of nitrogens with zero attached hydrogens (tertiary/aromatic N) is 5. The predicted octanol–water partition coefficient (Wildman–Crippen LogP) is 6.00. The number of fused-ring (bicyclic) bond motifs is 5. The van der Waals surface area contributed by atoms with Gasteiger partial charge in [0.05, 0.1) is 26.3 Å². The summed E-state index contributed by atoms with van der Waals surface area (Å²) in [5.74, 6) is -0.988. The molecule has 4 fully saturated rings. The minimum atomic E-state index is -2.59. The van der Waals surface area contributed by atoms with Gasteiger partial charge in [-0.1, -0.05) is 22.9 Å². The van der Waals surface area contributed by atoms with Crippen molar-refractivity contribution in [1.82, 2.24) is 25.2 Å². The van der Waals surface area contributed by atoms with E-state index in [4.69, 9.17) is 27.1 Å². The molecule has 2 bridgehead atoms. The van der Waals surface area contributed by atoms with Crippen LogP contribution in [0.5, 0.6) is 6.01 Å². The van der Waals surface area contributed by atoms with Gasteiger partial charge in [0, 0.05) is 35.6 Å². The summed E-state index contributed by atoms with van der Waals surface area (Å²) >= 11 is 7.73. The quantitative estimate of drug-likeness (QED) is 0.246. The lowest BCUT2D eigenvalue weighted by molar-refractivity contribution is 0.0367. The van der Waals surface area contributed by atoms with E-state index in [0.29, 0.717) is 31.8 Å². The normalized spacial score (nSPS) is 24.7. The highest BCUT2D eigenvalue weighted by molar-refractivity contribution is 7.22. The molecule has 4 aliphatic heterocycles. The summed E-state index contributed by atoms with van der Waals surface area (Å²) in [6.07, 6.45) is 2.48. The molecule has 0 amide bonds. The van der Waals surface area contributed by atoms with Gasteiger partial charge < -0.3 is 20.7 Å². The highest BCUT2D eigenvalue weighted by Crippen LogP contribution is 2.45. The first-order valence-corrected chi connectivity index (χ1v) is 16.1. The fourth-order valence-electron chi connectivity index (χ4n) is 7.88. The number of nitrogens with two attached hydrogens (primary N) is 1. The number of hydrogen-bond donors (Lipinski definition) is 2. The molecule has 2 unspecified atom stereocenters. The van der Waals surface area contributed by atoms with Crippen molar-refractivity contribution in [2.45, 2.75) is 62.1 Å². The van der Waals surface area contributed by atoms with Crippen molar-refractivity contribution in [3.63, 3.8) is 0 Å². The van der Waals surface area contributed by atoms with Crippen LogP contribution in [0.25, 0.3) is 32.2 Å². The molecule has 6 heterocycles. The van der Waals surface area contributed by atoms with E-state index in [1.807, 2.05) is 0 Å². The Morgan fingerprint density at radius 3 is 2.68 bits per heavy atom. The zero-order valence-corrected chi connectivity index (χ0v) is 25.3. The highest BCUT2D eigenvalue weighted by atomic mass is 35.5. The van der Waals surface area contributed by atoms with Gasteiger partial charge >= 0.3 is 6.01 Å². The van der Waals surface area contributed by atoms with Gasteiger partial charge in [-0.2, -0.15) is 9.97 Å². The molecule has 2 atom stereocenters. The number of hydrogen-bond acceptors (Lipinski definition) is 9. The van der Waals surface area contributed by atoms with Crippen molar-refractivity contribution in [2.24, 2.45) is 0 Å². The number of anilines is 2. The topological polar surface area (TPSA) is 92.4 Å². The molecule has 2 aromatic heterocycles. The number of ether oxygens (including phenoxy) is 1. The molecule has 0 radical (unpaired) electrons. The Kier molecular flexibility index (Phi) is 6.64. The summed E-state index contributed by atoms with van der Waals surface area (Å²) in [4.78, 5) is 17.7. The zero-order valence-electron chi connectivity index (χ0n) is 23.7. The van der Waals surface area contributed by atoms with Crippen molar-refractivity contribution >= 4 is 55.0 Å². The van der Waals surface area contributed by atoms with E-state index in [2.05, 4.69) is 20.2 Å². The van der Waals surface area contributed by atoms with Crippen LogP contribution < -0.4 is 20.7 Å². The summed E-state index contributed by atoms with van der Waals surface area (Å²) in [5, 5.41) is 3.56. The van der Waals surface area contributed by atoms with Crippen LogP contribution in [0.2, 0.25) is 5.02 Å². The van der Waals surface area contributed by atoms with E-state index < -0.39 is 23.6 Å². The third-order valence-electron chi connectivity index (χ3n) is 9.97. The van der Waals surface area contributed by atoms with Gasteiger partial charge in [-0.05, 0) is 69.8 Å². The van der Waals surface area contributed by atoms with Gasteiger partial charge in [-0.3, -0.25) is 4.90 Å². The zero-order chi connectivity index (χ0) is 30.4. The lowest BCUT2D eigenvalue weighted by Gasteiger charge is -2.41. The van der Waals surface area contributed by atoms with Crippen LogP contribution >= 0.6 is 22.9 Å². The lowest BCUT2D eigenvalue weighted by atomic mass is 9.95. The molecule has 0 saturated carbocycles. The van der Waals surface area contributed by atoms with Crippen molar-refractivity contribution in [1.29, 1.82) is 0 Å². The number of thiazole rings is 1. The molecule has 4 aromatic rings. The summed E-state index contributed by atoms with van der Waals surface area (Å²) in [7, 11) is 0. The maximum Gasteiger partial charge on any atom is 0.319 e. The first-order chi connectivity index (χ1) is 21.2. The van der Waals surface area contributed by atoms with Crippen LogP contribution in [-0.4, -0.2) is 76.2 Å². The van der Waals surface area contributed by atoms with Gasteiger partial charge in [-0.25, -0.2) is 22.5 Å². The summed E-state index contributed by atoms with van der Waals surface area (Å²) in [6.45, 7) is 2.77. The first-order valence-electron chi connectivity index (χ1n) is 14.9. The van der Waals surface area contributed by atoms with E-state index in [9.17, 15) is 13.2 Å². The van der Waals surface area contributed by atoms with E-state index in [1.165, 1.54) is 12.1 Å². The van der Waals surface area contributed by atoms with Crippen LogP contribution in [0, 0.1) is 11.6 Å². The molecular weight excluding hydrogens is 618 g/mol. The van der Waals surface area contributed by atoms with E-state index in [-0.39, 0.29) is 66.5 Å². The lowest BCUT2D eigenvalue weighted by Crippen LogP contribution is -2.63. The van der Waals surface area contributed by atoms with Gasteiger partial charge in [0.1, 0.15) is 23.8 Å². The average molecular weight is 648 g/mol. The standard InChI is InChI=1S/C30H30ClF4N7OS/c31-18-11-17-22(21(33)20(18)16-3-4-19(32)24-23(16)37-27(36)44-24)38-28(43-14-29-6-1-9-42(29)10-2-7-29)39-25(17)41-12-15-5-8-30(13-41,40-15)26(34)35/h3-4,11,15,26,40H,1-2,5-10,12-14H2,(H2,36,37). The summed E-state index contributed by atoms with van der Waals surface area (Å²) in [6, 6.07) is 4.00. The fourth-order valence-corrected chi connectivity index (χ4v) is 8.94. The fraction of sp³-hybridized carbons (Fsp3) is 0.500. The summed E-state index contributed by atoms with van der Waals surface area (Å²) in [5.41, 5.74) is 4.78. The second-order valence-electron chi connectivity index (χ2n) is 12.5.